The molecule has 0 saturated carbocycles. The van der Waals surface area contributed by atoms with Crippen molar-refractivity contribution >= 4 is 23.2 Å². The molecule has 3 rings (SSSR count). The van der Waals surface area contributed by atoms with Gasteiger partial charge in [-0.3, -0.25) is 0 Å². The molecule has 34 heavy (non-hydrogen) atoms. The maximum atomic E-state index is 14.3. The molecule has 3 aromatic rings. The molecule has 0 bridgehead atoms. The van der Waals surface area contributed by atoms with Gasteiger partial charge in [-0.1, -0.05) is 73.4 Å². The van der Waals surface area contributed by atoms with Crippen LogP contribution < -0.4 is 4.74 Å². The highest BCUT2D eigenvalue weighted by molar-refractivity contribution is 6.37. The molecular weight excluding hydrogens is 491 g/mol. The minimum atomic E-state index is -5.03. The Kier molecular flexibility index (Phi) is 7.56. The van der Waals surface area contributed by atoms with Gasteiger partial charge in [-0.25, -0.2) is 4.39 Å². The van der Waals surface area contributed by atoms with Gasteiger partial charge in [0.2, 0.25) is 0 Å². The van der Waals surface area contributed by atoms with E-state index in [0.717, 1.165) is 12.1 Å². The molecule has 2 nitrogen and oxygen atoms in total. The van der Waals surface area contributed by atoms with Gasteiger partial charge in [-0.05, 0) is 47.2 Å². The van der Waals surface area contributed by atoms with E-state index in [1.54, 1.807) is 36.4 Å². The topological polar surface area (TPSA) is 29.5 Å². The van der Waals surface area contributed by atoms with Crippen molar-refractivity contribution in [1.82, 2.24) is 0 Å². The second-order valence-corrected chi connectivity index (χ2v) is 9.65. The van der Waals surface area contributed by atoms with Crippen LogP contribution in [0.5, 0.6) is 5.75 Å². The summed E-state index contributed by atoms with van der Waals surface area (Å²) in [6.07, 6.45) is -6.69. The highest BCUT2D eigenvalue weighted by Crippen LogP contribution is 2.47. The average molecular weight is 515 g/mol. The van der Waals surface area contributed by atoms with Crippen molar-refractivity contribution in [2.24, 2.45) is 0 Å². The summed E-state index contributed by atoms with van der Waals surface area (Å²) < 4.78 is 62.2. The first kappa shape index (κ1) is 26.3. The van der Waals surface area contributed by atoms with Gasteiger partial charge in [0.15, 0.2) is 5.60 Å². The van der Waals surface area contributed by atoms with Gasteiger partial charge in [0.1, 0.15) is 11.6 Å². The SMILES string of the molecule is COc1ccc(F)cc1C(C)(C)CC(O)(Cc1c(Cl)ccc(-c2ccccc2)c1Cl)C(F)(F)F. The van der Waals surface area contributed by atoms with Crippen molar-refractivity contribution < 1.29 is 27.4 Å². The Bertz CT molecular complexity index is 1160. The Hall–Kier alpha value is -2.28. The molecule has 0 aliphatic rings. The molecule has 0 fully saturated rings. The molecule has 1 N–H and O–H groups in total. The number of halogens is 6. The second kappa shape index (κ2) is 9.76. The summed E-state index contributed by atoms with van der Waals surface area (Å²) in [6.45, 7) is 2.98. The normalized spacial score (nSPS) is 14.1. The van der Waals surface area contributed by atoms with E-state index in [2.05, 4.69) is 0 Å². The highest BCUT2D eigenvalue weighted by atomic mass is 35.5. The van der Waals surface area contributed by atoms with Gasteiger partial charge >= 0.3 is 6.18 Å². The molecule has 0 amide bonds. The molecule has 0 spiro atoms. The number of ether oxygens (including phenoxy) is 1. The van der Waals surface area contributed by atoms with E-state index in [-0.39, 0.29) is 26.9 Å². The fourth-order valence-electron chi connectivity index (χ4n) is 4.19. The third-order valence-electron chi connectivity index (χ3n) is 5.89. The molecular formula is C26H24Cl2F4O2. The van der Waals surface area contributed by atoms with Crippen LogP contribution in [0.25, 0.3) is 11.1 Å². The lowest BCUT2D eigenvalue weighted by atomic mass is 9.72. The van der Waals surface area contributed by atoms with Crippen molar-refractivity contribution in [1.29, 1.82) is 0 Å². The van der Waals surface area contributed by atoms with Gasteiger partial charge in [0.25, 0.3) is 0 Å². The maximum Gasteiger partial charge on any atom is 0.417 e. The second-order valence-electron chi connectivity index (χ2n) is 8.86. The first-order valence-corrected chi connectivity index (χ1v) is 11.2. The Morgan fingerprint density at radius 2 is 1.59 bits per heavy atom. The molecule has 0 aliphatic carbocycles. The summed E-state index contributed by atoms with van der Waals surface area (Å²) in [5.41, 5.74) is -3.16. The fourth-order valence-corrected chi connectivity index (χ4v) is 4.80. The predicted octanol–water partition coefficient (Wildman–Crippen LogP) is 8.01. The third-order valence-corrected chi connectivity index (χ3v) is 6.68. The van der Waals surface area contributed by atoms with Crippen molar-refractivity contribution in [2.75, 3.05) is 7.11 Å². The minimum Gasteiger partial charge on any atom is -0.496 e. The molecule has 0 radical (unpaired) electrons. The number of hydrogen-bond acceptors (Lipinski definition) is 2. The Morgan fingerprint density at radius 1 is 0.941 bits per heavy atom. The zero-order valence-electron chi connectivity index (χ0n) is 18.8. The summed E-state index contributed by atoms with van der Waals surface area (Å²) in [7, 11) is 1.34. The number of benzene rings is 3. The fraction of sp³-hybridized carbons (Fsp3) is 0.308. The minimum absolute atomic E-state index is 0.00787. The maximum absolute atomic E-state index is 14.3. The van der Waals surface area contributed by atoms with Gasteiger partial charge in [-0.15, -0.1) is 0 Å². The lowest BCUT2D eigenvalue weighted by molar-refractivity contribution is -0.266. The van der Waals surface area contributed by atoms with Gasteiger partial charge in [-0.2, -0.15) is 13.2 Å². The standard InChI is InChI=1S/C26H24Cl2F4O2/c1-24(2,20-13-17(29)9-12-22(20)34-3)15-25(33,26(30,31)32)14-19-21(27)11-10-18(23(19)28)16-7-5-4-6-8-16/h4-13,33H,14-15H2,1-3H3. The first-order chi connectivity index (χ1) is 15.8. The van der Waals surface area contributed by atoms with Crippen LogP contribution in [0.2, 0.25) is 10.0 Å². The van der Waals surface area contributed by atoms with Crippen LogP contribution in [0, 0.1) is 5.82 Å². The van der Waals surface area contributed by atoms with Gasteiger partial charge in [0.05, 0.1) is 12.1 Å². The molecule has 1 unspecified atom stereocenters. The smallest absolute Gasteiger partial charge is 0.417 e. The van der Waals surface area contributed by atoms with Crippen LogP contribution in [0.4, 0.5) is 17.6 Å². The Labute approximate surface area is 206 Å². The van der Waals surface area contributed by atoms with E-state index < -0.39 is 35.9 Å². The quantitative estimate of drug-likeness (QED) is 0.323. The zero-order valence-corrected chi connectivity index (χ0v) is 20.3. The van der Waals surface area contributed by atoms with Crippen LogP contribution in [-0.4, -0.2) is 24.0 Å². The predicted molar refractivity (Wildman–Crippen MR) is 127 cm³/mol. The lowest BCUT2D eigenvalue weighted by Gasteiger charge is -2.39. The van der Waals surface area contributed by atoms with E-state index in [0.29, 0.717) is 11.1 Å². The number of alkyl halides is 3. The monoisotopic (exact) mass is 514 g/mol. The zero-order chi connectivity index (χ0) is 25.3. The van der Waals surface area contributed by atoms with E-state index in [9.17, 15) is 22.7 Å². The first-order valence-electron chi connectivity index (χ1n) is 10.4. The summed E-state index contributed by atoms with van der Waals surface area (Å²) in [6, 6.07) is 15.6. The highest BCUT2D eigenvalue weighted by Gasteiger charge is 2.56. The van der Waals surface area contributed by atoms with Crippen molar-refractivity contribution in [3.63, 3.8) is 0 Å². The average Bonchev–Trinajstić information content (AvgIpc) is 2.76. The lowest BCUT2D eigenvalue weighted by Crippen LogP contribution is -2.51. The van der Waals surface area contributed by atoms with Crippen LogP contribution >= 0.6 is 23.2 Å². The van der Waals surface area contributed by atoms with Crippen LogP contribution in [-0.2, 0) is 11.8 Å². The molecule has 3 aromatic carbocycles. The van der Waals surface area contributed by atoms with E-state index >= 15 is 0 Å². The Morgan fingerprint density at radius 3 is 2.18 bits per heavy atom. The largest absolute Gasteiger partial charge is 0.496 e. The molecule has 0 saturated heterocycles. The van der Waals surface area contributed by atoms with E-state index in [4.69, 9.17) is 27.9 Å². The summed E-state index contributed by atoms with van der Waals surface area (Å²) in [5, 5.41) is 11.1. The molecule has 182 valence electrons. The Balaban J connectivity index is 2.08. The molecule has 0 aromatic heterocycles. The summed E-state index contributed by atoms with van der Waals surface area (Å²) >= 11 is 12.8. The number of hydrogen-bond donors (Lipinski definition) is 1. The van der Waals surface area contributed by atoms with E-state index in [1.165, 1.54) is 33.1 Å². The summed E-state index contributed by atoms with van der Waals surface area (Å²) in [5.74, 6) is -0.404. The molecule has 0 heterocycles. The summed E-state index contributed by atoms with van der Waals surface area (Å²) in [4.78, 5) is 0. The molecule has 1 atom stereocenters. The van der Waals surface area contributed by atoms with Crippen LogP contribution in [0.15, 0.2) is 60.7 Å². The molecule has 0 aliphatic heterocycles. The number of rotatable bonds is 7. The third kappa shape index (κ3) is 5.35. The van der Waals surface area contributed by atoms with Crippen LogP contribution in [0.3, 0.4) is 0 Å². The number of aliphatic hydroxyl groups is 1. The van der Waals surface area contributed by atoms with E-state index in [1.807, 2.05) is 0 Å². The van der Waals surface area contributed by atoms with Crippen molar-refractivity contribution in [3.05, 3.63) is 87.7 Å². The number of methoxy groups -OCH3 is 1. The van der Waals surface area contributed by atoms with Crippen molar-refractivity contribution in [3.8, 4) is 16.9 Å². The molecule has 8 heteroatoms. The van der Waals surface area contributed by atoms with Crippen molar-refractivity contribution in [2.45, 2.75) is 43.9 Å². The van der Waals surface area contributed by atoms with Crippen LogP contribution in [0.1, 0.15) is 31.4 Å². The van der Waals surface area contributed by atoms with Gasteiger partial charge < -0.3 is 9.84 Å². The van der Waals surface area contributed by atoms with Gasteiger partial charge in [0, 0.05) is 22.6 Å².